The summed E-state index contributed by atoms with van der Waals surface area (Å²) in [5, 5.41) is -0.714. The number of hydrogen-bond acceptors (Lipinski definition) is 6. The molecule has 146 valence electrons. The first-order valence-corrected chi connectivity index (χ1v) is 11.2. The Kier molecular flexibility index (Phi) is 4.33. The van der Waals surface area contributed by atoms with Crippen LogP contribution in [0.25, 0.3) is 0 Å². The first kappa shape index (κ1) is 19.1. The van der Waals surface area contributed by atoms with E-state index in [1.807, 2.05) is 27.7 Å². The van der Waals surface area contributed by atoms with E-state index in [0.29, 0.717) is 36.7 Å². The molecule has 0 aliphatic carbocycles. The number of pyridine rings is 1. The van der Waals surface area contributed by atoms with Crippen LogP contribution in [-0.2, 0) is 19.1 Å². The summed E-state index contributed by atoms with van der Waals surface area (Å²) in [5.41, 5.74) is 0.292. The first-order chi connectivity index (χ1) is 12.5. The second kappa shape index (κ2) is 6.13. The van der Waals surface area contributed by atoms with Crippen molar-refractivity contribution < 1.29 is 22.5 Å². The minimum atomic E-state index is -3.03. The van der Waals surface area contributed by atoms with Crippen molar-refractivity contribution in [2.75, 3.05) is 0 Å². The van der Waals surface area contributed by atoms with Crippen LogP contribution in [0, 0.1) is 5.92 Å². The van der Waals surface area contributed by atoms with Crippen LogP contribution in [0.4, 0.5) is 0 Å². The molecule has 2 unspecified atom stereocenters. The molecule has 0 aromatic carbocycles. The Labute approximate surface area is 161 Å². The fourth-order valence-electron chi connectivity index (χ4n) is 4.36. The van der Waals surface area contributed by atoms with Gasteiger partial charge in [0, 0.05) is 29.3 Å². The van der Waals surface area contributed by atoms with Gasteiger partial charge in [0.15, 0.2) is 15.6 Å². The zero-order chi connectivity index (χ0) is 19.6. The fraction of sp³-hybridized carbons (Fsp3) is 0.684. The number of Topliss-reactive ketones (excluding diaryl/α,β-unsaturated/α-hetero) is 1. The van der Waals surface area contributed by atoms with Gasteiger partial charge in [-0.1, -0.05) is 0 Å². The topological polar surface area (TPSA) is 82.6 Å². The van der Waals surface area contributed by atoms with Gasteiger partial charge in [0.25, 0.3) is 0 Å². The molecule has 2 bridgehead atoms. The van der Waals surface area contributed by atoms with Gasteiger partial charge in [0.2, 0.25) is 0 Å². The van der Waals surface area contributed by atoms with Crippen molar-refractivity contribution in [3.63, 3.8) is 0 Å². The van der Waals surface area contributed by atoms with Crippen molar-refractivity contribution in [3.8, 4) is 0 Å². The highest BCUT2D eigenvalue weighted by atomic mass is 32.2. The molecule has 3 aliphatic heterocycles. The molecule has 8 heteroatoms. The van der Waals surface area contributed by atoms with Gasteiger partial charge < -0.3 is 9.31 Å². The number of rotatable bonds is 3. The quantitative estimate of drug-likeness (QED) is 0.578. The highest BCUT2D eigenvalue weighted by Crippen LogP contribution is 2.42. The van der Waals surface area contributed by atoms with E-state index in [9.17, 15) is 13.2 Å². The van der Waals surface area contributed by atoms with E-state index in [1.165, 1.54) is 0 Å². The average Bonchev–Trinajstić information content (AvgIpc) is 2.89. The number of carbonyl (C=O) groups excluding carboxylic acids is 1. The largest absolute Gasteiger partial charge is 0.496 e. The van der Waals surface area contributed by atoms with E-state index >= 15 is 0 Å². The molecular formula is C19H26BNO5S. The Hall–Kier alpha value is -1.25. The molecule has 0 spiro atoms. The third-order valence-electron chi connectivity index (χ3n) is 6.77. The molecule has 3 fully saturated rings. The van der Waals surface area contributed by atoms with Gasteiger partial charge in [-0.15, -0.1) is 0 Å². The summed E-state index contributed by atoms with van der Waals surface area (Å²) in [6, 6.07) is 1.78. The number of sulfone groups is 1. The van der Waals surface area contributed by atoms with E-state index in [4.69, 9.17) is 9.31 Å². The van der Waals surface area contributed by atoms with Crippen molar-refractivity contribution in [3.05, 3.63) is 24.0 Å². The van der Waals surface area contributed by atoms with E-state index < -0.39 is 28.2 Å². The van der Waals surface area contributed by atoms with Gasteiger partial charge in [-0.25, -0.2) is 8.42 Å². The molecule has 1 aromatic heterocycles. The fourth-order valence-corrected chi connectivity index (χ4v) is 6.83. The number of hydrogen-bond donors (Lipinski definition) is 0. The normalized spacial score (nSPS) is 33.2. The third kappa shape index (κ3) is 3.06. The predicted octanol–water partition coefficient (Wildman–Crippen LogP) is 1.92. The van der Waals surface area contributed by atoms with Crippen LogP contribution < -0.4 is 5.46 Å². The molecular weight excluding hydrogens is 365 g/mol. The second-order valence-corrected chi connectivity index (χ2v) is 11.5. The van der Waals surface area contributed by atoms with Crippen LogP contribution in [-0.4, -0.2) is 48.0 Å². The maximum absolute atomic E-state index is 13.0. The lowest BCUT2D eigenvalue weighted by molar-refractivity contribution is 0.00578. The molecule has 27 heavy (non-hydrogen) atoms. The van der Waals surface area contributed by atoms with E-state index in [1.54, 1.807) is 18.5 Å². The SMILES string of the molecule is CC1(C)OB(c2cncc(C(=O)C3CC4CCC(C3)S4(=O)=O)c2)OC1(C)C. The Morgan fingerprint density at radius 2 is 1.63 bits per heavy atom. The number of aromatic nitrogens is 1. The summed E-state index contributed by atoms with van der Waals surface area (Å²) in [6.07, 6.45) is 5.44. The van der Waals surface area contributed by atoms with Crippen LogP contribution in [0.3, 0.4) is 0 Å². The molecule has 4 heterocycles. The van der Waals surface area contributed by atoms with Gasteiger partial charge in [-0.05, 0) is 59.4 Å². The zero-order valence-corrected chi connectivity index (χ0v) is 17.1. The van der Waals surface area contributed by atoms with Crippen LogP contribution in [0.1, 0.15) is 63.7 Å². The lowest BCUT2D eigenvalue weighted by atomic mass is 9.78. The zero-order valence-electron chi connectivity index (χ0n) is 16.3. The van der Waals surface area contributed by atoms with Crippen molar-refractivity contribution in [2.24, 2.45) is 5.92 Å². The van der Waals surface area contributed by atoms with Crippen molar-refractivity contribution in [1.82, 2.24) is 4.98 Å². The highest BCUT2D eigenvalue weighted by molar-refractivity contribution is 7.93. The van der Waals surface area contributed by atoms with Gasteiger partial charge in [-0.2, -0.15) is 0 Å². The van der Waals surface area contributed by atoms with Crippen LogP contribution in [0.5, 0.6) is 0 Å². The van der Waals surface area contributed by atoms with Crippen molar-refractivity contribution >= 4 is 28.2 Å². The maximum atomic E-state index is 13.0. The average molecular weight is 391 g/mol. The lowest BCUT2D eigenvalue weighted by Crippen LogP contribution is -2.41. The van der Waals surface area contributed by atoms with E-state index in [-0.39, 0.29) is 22.2 Å². The summed E-state index contributed by atoms with van der Waals surface area (Å²) in [6.45, 7) is 7.92. The summed E-state index contributed by atoms with van der Waals surface area (Å²) >= 11 is 0. The molecule has 4 rings (SSSR count). The van der Waals surface area contributed by atoms with Crippen LogP contribution in [0.2, 0.25) is 0 Å². The molecule has 0 N–H and O–H groups in total. The molecule has 6 nitrogen and oxygen atoms in total. The smallest absolute Gasteiger partial charge is 0.399 e. The molecule has 3 aliphatic rings. The van der Waals surface area contributed by atoms with Crippen LogP contribution in [0.15, 0.2) is 18.5 Å². The highest BCUT2D eigenvalue weighted by Gasteiger charge is 2.52. The molecule has 0 radical (unpaired) electrons. The second-order valence-electron chi connectivity index (χ2n) is 9.04. The van der Waals surface area contributed by atoms with Crippen LogP contribution >= 0.6 is 0 Å². The minimum Gasteiger partial charge on any atom is -0.399 e. The minimum absolute atomic E-state index is 0.0207. The Morgan fingerprint density at radius 1 is 1.07 bits per heavy atom. The number of carbonyl (C=O) groups is 1. The van der Waals surface area contributed by atoms with E-state index in [2.05, 4.69) is 4.98 Å². The summed E-state index contributed by atoms with van der Waals surface area (Å²) < 4.78 is 36.6. The Balaban J connectivity index is 1.55. The number of nitrogens with zero attached hydrogens (tertiary/aromatic N) is 1. The summed E-state index contributed by atoms with van der Waals surface area (Å²) in [7, 11) is -3.60. The Bertz CT molecular complexity index is 846. The standard InChI is InChI=1S/C19H26BNO5S/c1-18(2)19(3,4)26-20(25-18)14-7-13(10-21-11-14)17(22)12-8-15-5-6-16(9-12)27(15,23)24/h7,10-12,15-16H,5-6,8-9H2,1-4H3. The number of fused-ring (bicyclic) bond motifs is 2. The Morgan fingerprint density at radius 3 is 2.19 bits per heavy atom. The van der Waals surface area contributed by atoms with Crippen molar-refractivity contribution in [1.29, 1.82) is 0 Å². The van der Waals surface area contributed by atoms with Gasteiger partial charge in [-0.3, -0.25) is 9.78 Å². The summed E-state index contributed by atoms with van der Waals surface area (Å²) in [5.74, 6) is -0.269. The first-order valence-electron chi connectivity index (χ1n) is 9.59. The van der Waals surface area contributed by atoms with Gasteiger partial charge in [0.1, 0.15) is 0 Å². The monoisotopic (exact) mass is 391 g/mol. The summed E-state index contributed by atoms with van der Waals surface area (Å²) in [4.78, 5) is 17.3. The van der Waals surface area contributed by atoms with E-state index in [0.717, 1.165) is 0 Å². The molecule has 0 saturated carbocycles. The molecule has 2 atom stereocenters. The number of ketones is 1. The molecule has 1 aromatic rings. The third-order valence-corrected chi connectivity index (χ3v) is 9.49. The lowest BCUT2D eigenvalue weighted by Gasteiger charge is -2.32. The molecule has 3 saturated heterocycles. The maximum Gasteiger partial charge on any atom is 0.496 e. The van der Waals surface area contributed by atoms with Gasteiger partial charge >= 0.3 is 7.12 Å². The van der Waals surface area contributed by atoms with Crippen molar-refractivity contribution in [2.45, 2.75) is 75.1 Å². The predicted molar refractivity (Wildman–Crippen MR) is 103 cm³/mol. The molecule has 0 amide bonds. The van der Waals surface area contributed by atoms with Gasteiger partial charge in [0.05, 0.1) is 21.7 Å².